The van der Waals surface area contributed by atoms with E-state index in [1.165, 1.54) is 19.2 Å². The maximum atomic E-state index is 12.2. The van der Waals surface area contributed by atoms with Crippen molar-refractivity contribution in [3.63, 3.8) is 0 Å². The molecule has 1 N–H and O–H groups in total. The molecule has 2 aromatic heterocycles. The van der Waals surface area contributed by atoms with Gasteiger partial charge in [0, 0.05) is 12.6 Å². The lowest BCUT2D eigenvalue weighted by atomic mass is 10.3. The second-order valence-electron chi connectivity index (χ2n) is 5.16. The van der Waals surface area contributed by atoms with Gasteiger partial charge in [-0.2, -0.15) is 0 Å². The summed E-state index contributed by atoms with van der Waals surface area (Å²) in [4.78, 5) is 1.19. The van der Waals surface area contributed by atoms with Crippen LogP contribution in [0.4, 0.5) is 0 Å². The molecule has 0 saturated heterocycles. The largest absolute Gasteiger partial charge is 0.497 e. The Balaban J connectivity index is 1.50. The SMILES string of the molecule is COc1ccc(S(=O)(=O)NCCOc2ccc(-c3cccs3)nn2)cc1. The third kappa shape index (κ3) is 4.57. The number of thiophene rings is 1. The van der Waals surface area contributed by atoms with E-state index < -0.39 is 10.0 Å². The number of benzene rings is 1. The molecule has 0 aliphatic carbocycles. The number of nitrogens with one attached hydrogen (secondary N) is 1. The smallest absolute Gasteiger partial charge is 0.240 e. The fourth-order valence-electron chi connectivity index (χ4n) is 2.12. The molecule has 1 aromatic carbocycles. The molecule has 3 rings (SSSR count). The fraction of sp³-hybridized carbons (Fsp3) is 0.176. The Morgan fingerprint density at radius 2 is 1.88 bits per heavy atom. The highest BCUT2D eigenvalue weighted by atomic mass is 32.2. The van der Waals surface area contributed by atoms with Gasteiger partial charge in [0.1, 0.15) is 18.1 Å². The van der Waals surface area contributed by atoms with Gasteiger partial charge in [-0.05, 0) is 41.8 Å². The van der Waals surface area contributed by atoms with Crippen LogP contribution in [0, 0.1) is 0 Å². The van der Waals surface area contributed by atoms with Crippen LogP contribution in [-0.4, -0.2) is 38.9 Å². The van der Waals surface area contributed by atoms with Gasteiger partial charge in [-0.1, -0.05) is 6.07 Å². The molecule has 0 atom stereocenters. The Bertz CT molecular complexity index is 925. The third-order valence-electron chi connectivity index (χ3n) is 3.43. The lowest BCUT2D eigenvalue weighted by Crippen LogP contribution is -2.28. The lowest BCUT2D eigenvalue weighted by molar-refractivity contribution is 0.307. The molecule has 0 bridgehead atoms. The van der Waals surface area contributed by atoms with E-state index in [-0.39, 0.29) is 18.0 Å². The molecule has 0 saturated carbocycles. The number of ether oxygens (including phenoxy) is 2. The van der Waals surface area contributed by atoms with Crippen LogP contribution in [0.15, 0.2) is 58.8 Å². The number of aromatic nitrogens is 2. The Labute approximate surface area is 155 Å². The molecule has 9 heteroatoms. The number of nitrogens with zero attached hydrogens (tertiary/aromatic N) is 2. The second kappa shape index (κ2) is 8.26. The lowest BCUT2D eigenvalue weighted by Gasteiger charge is -2.08. The van der Waals surface area contributed by atoms with E-state index in [9.17, 15) is 8.42 Å². The molecule has 7 nitrogen and oxygen atoms in total. The van der Waals surface area contributed by atoms with E-state index in [0.29, 0.717) is 11.6 Å². The molecule has 0 aliphatic rings. The molecule has 0 aliphatic heterocycles. The predicted molar refractivity (Wildman–Crippen MR) is 99.0 cm³/mol. The molecule has 0 fully saturated rings. The Hall–Kier alpha value is -2.49. The summed E-state index contributed by atoms with van der Waals surface area (Å²) < 4.78 is 37.3. The second-order valence-corrected chi connectivity index (χ2v) is 7.87. The van der Waals surface area contributed by atoms with Crippen LogP contribution in [0.1, 0.15) is 0 Å². The fourth-order valence-corrected chi connectivity index (χ4v) is 3.83. The van der Waals surface area contributed by atoms with E-state index in [1.807, 2.05) is 23.6 Å². The summed E-state index contributed by atoms with van der Waals surface area (Å²) in [6.45, 7) is 0.255. The summed E-state index contributed by atoms with van der Waals surface area (Å²) >= 11 is 1.58. The van der Waals surface area contributed by atoms with Gasteiger partial charge in [-0.3, -0.25) is 0 Å². The maximum Gasteiger partial charge on any atom is 0.240 e. The maximum absolute atomic E-state index is 12.2. The van der Waals surface area contributed by atoms with Crippen LogP contribution < -0.4 is 14.2 Å². The summed E-state index contributed by atoms with van der Waals surface area (Å²) in [5.41, 5.74) is 0.771. The molecule has 26 heavy (non-hydrogen) atoms. The summed E-state index contributed by atoms with van der Waals surface area (Å²) in [5, 5.41) is 10.1. The molecular weight excluding hydrogens is 374 g/mol. The minimum absolute atomic E-state index is 0.114. The monoisotopic (exact) mass is 391 g/mol. The summed E-state index contributed by atoms with van der Waals surface area (Å²) in [5.74, 6) is 0.936. The van der Waals surface area contributed by atoms with Gasteiger partial charge in [0.05, 0.1) is 16.9 Å². The third-order valence-corrected chi connectivity index (χ3v) is 5.80. The van der Waals surface area contributed by atoms with Crippen molar-refractivity contribution in [2.24, 2.45) is 0 Å². The molecule has 136 valence electrons. The van der Waals surface area contributed by atoms with E-state index in [2.05, 4.69) is 14.9 Å². The number of rotatable bonds is 8. The summed E-state index contributed by atoms with van der Waals surface area (Å²) in [6, 6.07) is 13.6. The first kappa shape index (κ1) is 18.3. The van der Waals surface area contributed by atoms with Crippen LogP contribution in [0.3, 0.4) is 0 Å². The molecule has 0 unspecified atom stereocenters. The Morgan fingerprint density at radius 3 is 2.50 bits per heavy atom. The average Bonchev–Trinajstić information content (AvgIpc) is 3.20. The van der Waals surface area contributed by atoms with E-state index in [1.54, 1.807) is 29.5 Å². The summed E-state index contributed by atoms with van der Waals surface area (Å²) in [7, 11) is -2.07. The minimum atomic E-state index is -3.60. The Kier molecular flexibility index (Phi) is 5.82. The van der Waals surface area contributed by atoms with Gasteiger partial charge < -0.3 is 9.47 Å². The Morgan fingerprint density at radius 1 is 1.08 bits per heavy atom. The van der Waals surface area contributed by atoms with Crippen molar-refractivity contribution >= 4 is 21.4 Å². The molecule has 3 aromatic rings. The van der Waals surface area contributed by atoms with Gasteiger partial charge in [0.2, 0.25) is 15.9 Å². The highest BCUT2D eigenvalue weighted by Gasteiger charge is 2.13. The van der Waals surface area contributed by atoms with E-state index in [0.717, 1.165) is 10.6 Å². The van der Waals surface area contributed by atoms with Crippen LogP contribution in [-0.2, 0) is 10.0 Å². The quantitative estimate of drug-likeness (QED) is 0.594. The van der Waals surface area contributed by atoms with E-state index in [4.69, 9.17) is 9.47 Å². The van der Waals surface area contributed by atoms with Crippen molar-refractivity contribution in [1.82, 2.24) is 14.9 Å². The van der Waals surface area contributed by atoms with Crippen molar-refractivity contribution in [3.05, 3.63) is 53.9 Å². The van der Waals surface area contributed by atoms with Crippen molar-refractivity contribution in [1.29, 1.82) is 0 Å². The van der Waals surface area contributed by atoms with Gasteiger partial charge in [-0.25, -0.2) is 13.1 Å². The van der Waals surface area contributed by atoms with Crippen molar-refractivity contribution in [2.75, 3.05) is 20.3 Å². The van der Waals surface area contributed by atoms with Crippen LogP contribution in [0.5, 0.6) is 11.6 Å². The van der Waals surface area contributed by atoms with Crippen molar-refractivity contribution in [2.45, 2.75) is 4.90 Å². The first-order chi connectivity index (χ1) is 12.6. The van der Waals surface area contributed by atoms with Gasteiger partial charge in [0.15, 0.2) is 0 Å². The van der Waals surface area contributed by atoms with Gasteiger partial charge in [-0.15, -0.1) is 21.5 Å². The standard InChI is InChI=1S/C17H17N3O4S2/c1-23-13-4-6-14(7-5-13)26(21,22)18-10-11-24-17-9-8-15(19-20-17)16-3-2-12-25-16/h2-9,12,18H,10-11H2,1H3. The molecule has 0 spiro atoms. The average molecular weight is 391 g/mol. The van der Waals surface area contributed by atoms with Gasteiger partial charge in [0.25, 0.3) is 0 Å². The van der Waals surface area contributed by atoms with Crippen LogP contribution in [0.25, 0.3) is 10.6 Å². The molecule has 2 heterocycles. The van der Waals surface area contributed by atoms with Gasteiger partial charge >= 0.3 is 0 Å². The van der Waals surface area contributed by atoms with Crippen LogP contribution in [0.2, 0.25) is 0 Å². The zero-order chi connectivity index (χ0) is 18.4. The molecule has 0 radical (unpaired) electrons. The highest BCUT2D eigenvalue weighted by Crippen LogP contribution is 2.22. The molecule has 0 amide bonds. The van der Waals surface area contributed by atoms with Crippen molar-refractivity contribution < 1.29 is 17.9 Å². The zero-order valence-corrected chi connectivity index (χ0v) is 15.6. The topological polar surface area (TPSA) is 90.4 Å². The minimum Gasteiger partial charge on any atom is -0.497 e. The number of hydrogen-bond donors (Lipinski definition) is 1. The van der Waals surface area contributed by atoms with Crippen LogP contribution >= 0.6 is 11.3 Å². The van der Waals surface area contributed by atoms with Crippen molar-refractivity contribution in [3.8, 4) is 22.2 Å². The van der Waals surface area contributed by atoms with E-state index >= 15 is 0 Å². The number of sulfonamides is 1. The highest BCUT2D eigenvalue weighted by molar-refractivity contribution is 7.89. The normalized spacial score (nSPS) is 11.3. The number of methoxy groups -OCH3 is 1. The zero-order valence-electron chi connectivity index (χ0n) is 14.0. The number of hydrogen-bond acceptors (Lipinski definition) is 7. The summed E-state index contributed by atoms with van der Waals surface area (Å²) in [6.07, 6.45) is 0. The predicted octanol–water partition coefficient (Wildman–Crippen LogP) is 2.57. The first-order valence-electron chi connectivity index (χ1n) is 7.72. The molecular formula is C17H17N3O4S2. The first-order valence-corrected chi connectivity index (χ1v) is 10.1.